The van der Waals surface area contributed by atoms with E-state index in [2.05, 4.69) is 5.10 Å². The summed E-state index contributed by atoms with van der Waals surface area (Å²) in [5, 5.41) is 13.3. The van der Waals surface area contributed by atoms with Crippen LogP contribution < -0.4 is 10.5 Å². The van der Waals surface area contributed by atoms with E-state index < -0.39 is 18.6 Å². The van der Waals surface area contributed by atoms with Gasteiger partial charge in [0.1, 0.15) is 12.6 Å². The van der Waals surface area contributed by atoms with Crippen molar-refractivity contribution in [1.82, 2.24) is 14.3 Å². The zero-order valence-electron chi connectivity index (χ0n) is 13.0. The summed E-state index contributed by atoms with van der Waals surface area (Å²) in [5.41, 5.74) is 1.73. The number of hydrogen-bond donors (Lipinski definition) is 1. The first-order chi connectivity index (χ1) is 10.8. The molecular formula is C15H16N4O4. The number of carboxylic acid groups (broad SMARTS) is 1. The zero-order valence-corrected chi connectivity index (χ0v) is 13.0. The molecule has 0 saturated carbocycles. The summed E-state index contributed by atoms with van der Waals surface area (Å²) < 4.78 is 2.94. The van der Waals surface area contributed by atoms with Crippen LogP contribution in [0.15, 0.2) is 23.1 Å². The summed E-state index contributed by atoms with van der Waals surface area (Å²) in [6.07, 6.45) is 1.56. The van der Waals surface area contributed by atoms with Crippen molar-refractivity contribution in [2.75, 3.05) is 11.4 Å². The Morgan fingerprint density at radius 1 is 1.39 bits per heavy atom. The van der Waals surface area contributed by atoms with Gasteiger partial charge in [0.05, 0.1) is 17.1 Å². The minimum absolute atomic E-state index is 0.200. The maximum Gasteiger partial charge on any atom is 0.323 e. The van der Waals surface area contributed by atoms with Crippen molar-refractivity contribution in [3.8, 4) is 11.4 Å². The second kappa shape index (κ2) is 5.08. The van der Waals surface area contributed by atoms with E-state index in [-0.39, 0.29) is 11.5 Å². The van der Waals surface area contributed by atoms with Gasteiger partial charge >= 0.3 is 5.97 Å². The first-order valence-electron chi connectivity index (χ1n) is 7.10. The smallest absolute Gasteiger partial charge is 0.323 e. The molecule has 120 valence electrons. The number of amides is 1. The number of aliphatic carboxylic acids is 1. The Morgan fingerprint density at radius 3 is 2.74 bits per heavy atom. The lowest BCUT2D eigenvalue weighted by Crippen LogP contribution is -2.39. The molecule has 0 saturated heterocycles. The lowest BCUT2D eigenvalue weighted by molar-refractivity contribution is -0.137. The molecule has 0 fully saturated rings. The third-order valence-electron chi connectivity index (χ3n) is 4.06. The molecule has 1 aliphatic rings. The highest BCUT2D eigenvalue weighted by atomic mass is 16.4. The molecule has 1 unspecified atom stereocenters. The van der Waals surface area contributed by atoms with E-state index in [1.54, 1.807) is 39.2 Å². The number of carbonyl (C=O) groups is 2. The molecule has 3 heterocycles. The van der Waals surface area contributed by atoms with E-state index in [1.165, 1.54) is 14.1 Å². The zero-order chi connectivity index (χ0) is 16.9. The number of anilines is 1. The lowest BCUT2D eigenvalue weighted by atomic mass is 10.1. The highest BCUT2D eigenvalue weighted by Gasteiger charge is 2.34. The second-order valence-corrected chi connectivity index (χ2v) is 5.58. The largest absolute Gasteiger partial charge is 0.480 e. The van der Waals surface area contributed by atoms with Crippen molar-refractivity contribution in [3.63, 3.8) is 0 Å². The molecule has 8 heteroatoms. The van der Waals surface area contributed by atoms with Crippen LogP contribution in [0.3, 0.4) is 0 Å². The Balaban J connectivity index is 2.40. The molecule has 2 aromatic rings. The summed E-state index contributed by atoms with van der Waals surface area (Å²) in [5.74, 6) is -1.50. The number of rotatable bonds is 2. The highest BCUT2D eigenvalue weighted by molar-refractivity contribution is 6.03. The van der Waals surface area contributed by atoms with E-state index >= 15 is 0 Å². The molecule has 0 radical (unpaired) electrons. The molecule has 1 amide bonds. The van der Waals surface area contributed by atoms with Gasteiger partial charge in [-0.2, -0.15) is 5.10 Å². The van der Waals surface area contributed by atoms with Gasteiger partial charge in [-0.25, -0.2) is 0 Å². The summed E-state index contributed by atoms with van der Waals surface area (Å²) in [7, 11) is 1.60. The Kier molecular flexibility index (Phi) is 3.32. The predicted molar refractivity (Wildman–Crippen MR) is 82.3 cm³/mol. The fourth-order valence-electron chi connectivity index (χ4n) is 2.94. The minimum atomic E-state index is -1.12. The number of carboxylic acids is 1. The molecule has 8 nitrogen and oxygen atoms in total. The molecule has 0 aliphatic carbocycles. The van der Waals surface area contributed by atoms with Gasteiger partial charge in [0, 0.05) is 18.8 Å². The summed E-state index contributed by atoms with van der Waals surface area (Å²) >= 11 is 0. The average molecular weight is 316 g/mol. The van der Waals surface area contributed by atoms with Crippen LogP contribution in [-0.4, -0.2) is 37.9 Å². The molecule has 1 aliphatic heterocycles. The van der Waals surface area contributed by atoms with E-state index in [0.29, 0.717) is 22.6 Å². The molecular weight excluding hydrogens is 300 g/mol. The first-order valence-corrected chi connectivity index (χ1v) is 7.10. The molecule has 3 rings (SSSR count). The van der Waals surface area contributed by atoms with Gasteiger partial charge in [0.15, 0.2) is 0 Å². The summed E-state index contributed by atoms with van der Waals surface area (Å²) in [6.45, 7) is 2.82. The van der Waals surface area contributed by atoms with Gasteiger partial charge in [-0.15, -0.1) is 0 Å². The Labute approximate surface area is 131 Å². The van der Waals surface area contributed by atoms with Gasteiger partial charge in [0.2, 0.25) is 0 Å². The average Bonchev–Trinajstić information content (AvgIpc) is 2.94. The quantitative estimate of drug-likeness (QED) is 0.872. The van der Waals surface area contributed by atoms with Crippen molar-refractivity contribution in [2.45, 2.75) is 19.9 Å². The predicted octanol–water partition coefficient (Wildman–Crippen LogP) is 0.549. The fraction of sp³-hybridized carbons (Fsp3) is 0.333. The van der Waals surface area contributed by atoms with Crippen molar-refractivity contribution in [1.29, 1.82) is 0 Å². The van der Waals surface area contributed by atoms with Crippen LogP contribution in [0.25, 0.3) is 11.4 Å². The van der Waals surface area contributed by atoms with Gasteiger partial charge in [-0.05, 0) is 26.0 Å². The molecule has 1 atom stereocenters. The molecule has 0 spiro atoms. The van der Waals surface area contributed by atoms with Crippen LogP contribution in [-0.2, 0) is 16.6 Å². The number of fused-ring (bicyclic) bond motifs is 3. The monoisotopic (exact) mass is 316 g/mol. The fourth-order valence-corrected chi connectivity index (χ4v) is 2.94. The lowest BCUT2D eigenvalue weighted by Gasteiger charge is -2.23. The van der Waals surface area contributed by atoms with Crippen LogP contribution >= 0.6 is 0 Å². The first kappa shape index (κ1) is 15.0. The second-order valence-electron chi connectivity index (χ2n) is 5.58. The van der Waals surface area contributed by atoms with Crippen molar-refractivity contribution in [2.24, 2.45) is 7.05 Å². The van der Waals surface area contributed by atoms with Gasteiger partial charge < -0.3 is 9.67 Å². The van der Waals surface area contributed by atoms with Crippen LogP contribution in [0.1, 0.15) is 18.5 Å². The maximum absolute atomic E-state index is 12.7. The summed E-state index contributed by atoms with van der Waals surface area (Å²) in [6, 6.07) is 2.61. The van der Waals surface area contributed by atoms with Gasteiger partial charge in [-0.3, -0.25) is 24.0 Å². The van der Waals surface area contributed by atoms with Gasteiger partial charge in [-0.1, -0.05) is 0 Å². The van der Waals surface area contributed by atoms with Crippen LogP contribution in [0.4, 0.5) is 5.69 Å². The Morgan fingerprint density at radius 2 is 2.09 bits per heavy atom. The van der Waals surface area contributed by atoms with Crippen LogP contribution in [0.5, 0.6) is 0 Å². The molecule has 1 N–H and O–H groups in total. The van der Waals surface area contributed by atoms with E-state index in [0.717, 1.165) is 0 Å². The van der Waals surface area contributed by atoms with Crippen molar-refractivity contribution in [3.05, 3.63) is 34.2 Å². The maximum atomic E-state index is 12.7. The topological polar surface area (TPSA) is 97.4 Å². The SMILES string of the molecule is Cc1cc2c(n(C)c1=O)-c1ccnn1C(C)C(=O)N2CC(=O)O. The molecule has 2 aromatic heterocycles. The molecule has 23 heavy (non-hydrogen) atoms. The molecule has 0 bridgehead atoms. The van der Waals surface area contributed by atoms with E-state index in [4.69, 9.17) is 5.11 Å². The van der Waals surface area contributed by atoms with Crippen LogP contribution in [0.2, 0.25) is 0 Å². The number of aryl methyl sites for hydroxylation is 1. The van der Waals surface area contributed by atoms with Crippen LogP contribution in [0, 0.1) is 6.92 Å². The van der Waals surface area contributed by atoms with Gasteiger partial charge in [0.25, 0.3) is 11.5 Å². The number of pyridine rings is 1. The molecule has 0 aromatic carbocycles. The Bertz CT molecular complexity index is 880. The third kappa shape index (κ3) is 2.14. The number of carbonyl (C=O) groups excluding carboxylic acids is 1. The minimum Gasteiger partial charge on any atom is -0.480 e. The standard InChI is InChI=1S/C15H16N4O4/c1-8-6-11-13(17(3)14(8)22)10-4-5-16-19(10)9(2)15(23)18(11)7-12(20)21/h4-6,9H,7H2,1-3H3,(H,20,21). The summed E-state index contributed by atoms with van der Waals surface area (Å²) in [4.78, 5) is 37.4. The van der Waals surface area contributed by atoms with Crippen molar-refractivity contribution < 1.29 is 14.7 Å². The van der Waals surface area contributed by atoms with E-state index in [1.807, 2.05) is 0 Å². The number of aromatic nitrogens is 3. The number of hydrogen-bond acceptors (Lipinski definition) is 4. The normalized spacial score (nSPS) is 16.7. The Hall–Kier alpha value is -2.90. The number of nitrogens with zero attached hydrogens (tertiary/aromatic N) is 4. The highest BCUT2D eigenvalue weighted by Crippen LogP contribution is 2.35. The van der Waals surface area contributed by atoms with E-state index in [9.17, 15) is 14.4 Å². The third-order valence-corrected chi connectivity index (χ3v) is 4.06. The van der Waals surface area contributed by atoms with Crippen molar-refractivity contribution >= 4 is 17.6 Å².